The van der Waals surface area contributed by atoms with E-state index in [0.717, 1.165) is 22.5 Å². The molecule has 6 heteroatoms. The number of benzene rings is 1. The van der Waals surface area contributed by atoms with Crippen LogP contribution in [-0.2, 0) is 19.6 Å². The molecule has 0 radical (unpaired) electrons. The van der Waals surface area contributed by atoms with E-state index < -0.39 is 0 Å². The minimum atomic E-state index is -0.211. The third-order valence-electron chi connectivity index (χ3n) is 3.97. The number of halogens is 1. The molecule has 0 fully saturated rings. The first kappa shape index (κ1) is 17.4. The van der Waals surface area contributed by atoms with E-state index in [1.54, 1.807) is 17.0 Å². The zero-order chi connectivity index (χ0) is 17.0. The van der Waals surface area contributed by atoms with E-state index in [2.05, 4.69) is 10.4 Å². The van der Waals surface area contributed by atoms with Crippen LogP contribution in [0.3, 0.4) is 0 Å². The molecule has 0 atom stereocenters. The number of aromatic nitrogens is 2. The van der Waals surface area contributed by atoms with E-state index in [9.17, 15) is 4.39 Å². The van der Waals surface area contributed by atoms with Gasteiger partial charge in [-0.25, -0.2) is 4.39 Å². The topological polar surface area (TPSA) is 53.3 Å². The third-order valence-corrected chi connectivity index (χ3v) is 3.97. The van der Waals surface area contributed by atoms with Crippen molar-refractivity contribution in [3.63, 3.8) is 0 Å². The summed E-state index contributed by atoms with van der Waals surface area (Å²) >= 11 is 0. The predicted octanol–water partition coefficient (Wildman–Crippen LogP) is 1.99. The first-order valence-electron chi connectivity index (χ1n) is 7.74. The summed E-state index contributed by atoms with van der Waals surface area (Å²) in [5.74, 6) is -0.211. The van der Waals surface area contributed by atoms with Crippen molar-refractivity contribution in [1.82, 2.24) is 15.1 Å². The largest absolute Gasteiger partial charge is 0.394 e. The highest BCUT2D eigenvalue weighted by Crippen LogP contribution is 2.18. The highest BCUT2D eigenvalue weighted by Gasteiger charge is 2.11. The Morgan fingerprint density at radius 1 is 1.26 bits per heavy atom. The summed E-state index contributed by atoms with van der Waals surface area (Å²) in [7, 11) is 3.65. The van der Waals surface area contributed by atoms with E-state index in [0.29, 0.717) is 25.3 Å². The van der Waals surface area contributed by atoms with E-state index in [1.807, 2.05) is 38.7 Å². The Morgan fingerprint density at radius 2 is 2.00 bits per heavy atom. The van der Waals surface area contributed by atoms with Crippen molar-refractivity contribution in [3.8, 4) is 0 Å². The lowest BCUT2D eigenvalue weighted by atomic mass is 10.1. The lowest BCUT2D eigenvalue weighted by molar-refractivity contribution is 0.267. The van der Waals surface area contributed by atoms with Crippen LogP contribution in [0.5, 0.6) is 0 Å². The second-order valence-electron chi connectivity index (χ2n) is 5.88. The summed E-state index contributed by atoms with van der Waals surface area (Å²) in [5, 5.41) is 16.8. The second-order valence-corrected chi connectivity index (χ2v) is 5.88. The molecule has 0 amide bonds. The lowest BCUT2D eigenvalue weighted by Gasteiger charge is -2.14. The molecule has 1 aromatic carbocycles. The van der Waals surface area contributed by atoms with Gasteiger partial charge in [-0.15, -0.1) is 0 Å². The van der Waals surface area contributed by atoms with Gasteiger partial charge in [-0.3, -0.25) is 4.68 Å². The molecule has 1 heterocycles. The molecule has 0 aliphatic rings. The fourth-order valence-corrected chi connectivity index (χ4v) is 2.66. The SMILES string of the molecule is Cc1nn(CCO)c(C)c1CNCc1ccc(N(C)C)c(F)c1. The first-order chi connectivity index (χ1) is 10.9. The monoisotopic (exact) mass is 320 g/mol. The Morgan fingerprint density at radius 3 is 2.61 bits per heavy atom. The number of aryl methyl sites for hydroxylation is 1. The van der Waals surface area contributed by atoms with Gasteiger partial charge in [-0.1, -0.05) is 6.07 Å². The van der Waals surface area contributed by atoms with Crippen molar-refractivity contribution in [2.75, 3.05) is 25.6 Å². The van der Waals surface area contributed by atoms with Crippen molar-refractivity contribution in [2.45, 2.75) is 33.5 Å². The maximum absolute atomic E-state index is 14.0. The molecule has 5 nitrogen and oxygen atoms in total. The molecule has 0 aliphatic heterocycles. The molecule has 2 aromatic rings. The average molecular weight is 320 g/mol. The zero-order valence-electron chi connectivity index (χ0n) is 14.2. The molecule has 0 bridgehead atoms. The Bertz CT molecular complexity index is 667. The van der Waals surface area contributed by atoms with Gasteiger partial charge in [0.1, 0.15) is 5.82 Å². The molecule has 2 rings (SSSR count). The second kappa shape index (κ2) is 7.57. The van der Waals surface area contributed by atoms with Crippen LogP contribution >= 0.6 is 0 Å². The summed E-state index contributed by atoms with van der Waals surface area (Å²) in [5.41, 5.74) is 4.64. The van der Waals surface area contributed by atoms with E-state index >= 15 is 0 Å². The number of aliphatic hydroxyl groups excluding tert-OH is 1. The highest BCUT2D eigenvalue weighted by atomic mass is 19.1. The van der Waals surface area contributed by atoms with Crippen LogP contribution in [0.25, 0.3) is 0 Å². The minimum absolute atomic E-state index is 0.0757. The van der Waals surface area contributed by atoms with Crippen LogP contribution < -0.4 is 10.2 Å². The van der Waals surface area contributed by atoms with Gasteiger partial charge in [0.15, 0.2) is 0 Å². The number of rotatable bonds is 7. The van der Waals surface area contributed by atoms with Gasteiger partial charge in [-0.2, -0.15) is 5.10 Å². The molecule has 0 spiro atoms. The smallest absolute Gasteiger partial charge is 0.146 e. The molecule has 126 valence electrons. The molecule has 0 saturated heterocycles. The van der Waals surface area contributed by atoms with Crippen molar-refractivity contribution in [3.05, 3.63) is 46.5 Å². The van der Waals surface area contributed by atoms with Crippen LogP contribution in [-0.4, -0.2) is 35.6 Å². The standard InChI is InChI=1S/C17H25FN4O/c1-12-15(13(2)22(20-12)7-8-23)11-19-10-14-5-6-17(21(3)4)16(18)9-14/h5-6,9,19,23H,7-8,10-11H2,1-4H3. The maximum atomic E-state index is 14.0. The number of aliphatic hydroxyl groups is 1. The molecule has 1 aromatic heterocycles. The number of nitrogens with zero attached hydrogens (tertiary/aromatic N) is 3. The minimum Gasteiger partial charge on any atom is -0.394 e. The Hall–Kier alpha value is -1.92. The Balaban J connectivity index is 1.99. The summed E-state index contributed by atoms with van der Waals surface area (Å²) in [6.45, 7) is 5.80. The summed E-state index contributed by atoms with van der Waals surface area (Å²) in [6, 6.07) is 5.29. The van der Waals surface area contributed by atoms with Crippen LogP contribution in [0.15, 0.2) is 18.2 Å². The Labute approximate surface area is 136 Å². The van der Waals surface area contributed by atoms with Crippen molar-refractivity contribution in [1.29, 1.82) is 0 Å². The van der Waals surface area contributed by atoms with Crippen molar-refractivity contribution >= 4 is 5.69 Å². The van der Waals surface area contributed by atoms with Crippen molar-refractivity contribution < 1.29 is 9.50 Å². The number of hydrogen-bond acceptors (Lipinski definition) is 4. The van der Waals surface area contributed by atoms with Gasteiger partial charge in [0, 0.05) is 38.4 Å². The van der Waals surface area contributed by atoms with E-state index in [1.165, 1.54) is 0 Å². The van der Waals surface area contributed by atoms with Crippen LogP contribution in [0, 0.1) is 19.7 Å². The predicted molar refractivity (Wildman–Crippen MR) is 90.1 cm³/mol. The Kier molecular flexibility index (Phi) is 5.74. The molecule has 0 saturated carbocycles. The van der Waals surface area contributed by atoms with Crippen LogP contribution in [0.4, 0.5) is 10.1 Å². The number of nitrogens with one attached hydrogen (secondary N) is 1. The van der Waals surface area contributed by atoms with Gasteiger partial charge < -0.3 is 15.3 Å². The average Bonchev–Trinajstić information content (AvgIpc) is 2.75. The quantitative estimate of drug-likeness (QED) is 0.819. The summed E-state index contributed by atoms with van der Waals surface area (Å²) < 4.78 is 15.8. The number of hydrogen-bond donors (Lipinski definition) is 2. The summed E-state index contributed by atoms with van der Waals surface area (Å²) in [4.78, 5) is 1.76. The molecular weight excluding hydrogens is 295 g/mol. The van der Waals surface area contributed by atoms with Gasteiger partial charge in [-0.05, 0) is 31.5 Å². The normalized spacial score (nSPS) is 11.0. The molecule has 2 N–H and O–H groups in total. The van der Waals surface area contributed by atoms with Gasteiger partial charge in [0.25, 0.3) is 0 Å². The highest BCUT2D eigenvalue weighted by molar-refractivity contribution is 5.47. The fourth-order valence-electron chi connectivity index (χ4n) is 2.66. The molecule has 23 heavy (non-hydrogen) atoms. The lowest BCUT2D eigenvalue weighted by Crippen LogP contribution is -2.15. The van der Waals surface area contributed by atoms with Gasteiger partial charge >= 0.3 is 0 Å². The van der Waals surface area contributed by atoms with Crippen molar-refractivity contribution in [2.24, 2.45) is 0 Å². The van der Waals surface area contributed by atoms with Crippen LogP contribution in [0.1, 0.15) is 22.5 Å². The van der Waals surface area contributed by atoms with Gasteiger partial charge in [0.2, 0.25) is 0 Å². The van der Waals surface area contributed by atoms with Gasteiger partial charge in [0.05, 0.1) is 24.5 Å². The fraction of sp³-hybridized carbons (Fsp3) is 0.471. The van der Waals surface area contributed by atoms with Crippen LogP contribution in [0.2, 0.25) is 0 Å². The summed E-state index contributed by atoms with van der Waals surface area (Å²) in [6.07, 6.45) is 0. The first-order valence-corrected chi connectivity index (χ1v) is 7.74. The van der Waals surface area contributed by atoms with E-state index in [4.69, 9.17) is 5.11 Å². The number of anilines is 1. The van der Waals surface area contributed by atoms with E-state index in [-0.39, 0.29) is 12.4 Å². The molecular formula is C17H25FN4O. The third kappa shape index (κ3) is 4.09. The molecule has 0 aliphatic carbocycles. The molecule has 0 unspecified atom stereocenters. The zero-order valence-corrected chi connectivity index (χ0v) is 14.2. The maximum Gasteiger partial charge on any atom is 0.146 e.